The maximum Gasteiger partial charge on any atom is 0.130 e. The Morgan fingerprint density at radius 2 is 1.79 bits per heavy atom. The minimum Gasteiger partial charge on any atom is -0.468 e. The summed E-state index contributed by atoms with van der Waals surface area (Å²) < 4.78 is 5.50. The summed E-state index contributed by atoms with van der Waals surface area (Å²) in [4.78, 5) is 15.6. The summed E-state index contributed by atoms with van der Waals surface area (Å²) in [5, 5.41) is 0. The SMILES string of the molecule is CC(C)c1ncc(CN(Cc2ccccn2)Cc2ccco2)cn1. The van der Waals surface area contributed by atoms with E-state index in [1.807, 2.05) is 48.9 Å². The molecule has 124 valence electrons. The molecule has 0 saturated carbocycles. The standard InChI is InChI=1S/C19H22N4O/c1-15(2)19-21-10-16(11-22-19)12-23(14-18-7-5-9-24-18)13-17-6-3-4-8-20-17/h3-11,15H,12-14H2,1-2H3. The van der Waals surface area contributed by atoms with Crippen LogP contribution in [0.15, 0.2) is 59.6 Å². The molecule has 0 spiro atoms. The molecule has 0 amide bonds. The van der Waals surface area contributed by atoms with Crippen LogP contribution in [0.4, 0.5) is 0 Å². The second kappa shape index (κ2) is 7.84. The number of furan rings is 1. The van der Waals surface area contributed by atoms with Gasteiger partial charge >= 0.3 is 0 Å². The highest BCUT2D eigenvalue weighted by atomic mass is 16.3. The van der Waals surface area contributed by atoms with Gasteiger partial charge in [-0.05, 0) is 24.3 Å². The van der Waals surface area contributed by atoms with Crippen molar-refractivity contribution in [3.63, 3.8) is 0 Å². The van der Waals surface area contributed by atoms with E-state index >= 15 is 0 Å². The van der Waals surface area contributed by atoms with E-state index in [1.165, 1.54) is 0 Å². The number of rotatable bonds is 7. The van der Waals surface area contributed by atoms with Gasteiger partial charge in [0.05, 0.1) is 18.5 Å². The van der Waals surface area contributed by atoms with Gasteiger partial charge in [-0.1, -0.05) is 19.9 Å². The third-order valence-corrected chi connectivity index (χ3v) is 3.72. The van der Waals surface area contributed by atoms with E-state index in [9.17, 15) is 0 Å². The molecule has 0 saturated heterocycles. The van der Waals surface area contributed by atoms with E-state index < -0.39 is 0 Å². The van der Waals surface area contributed by atoms with Gasteiger partial charge in [-0.3, -0.25) is 9.88 Å². The topological polar surface area (TPSA) is 55.1 Å². The van der Waals surface area contributed by atoms with Gasteiger partial charge in [-0.2, -0.15) is 0 Å². The predicted octanol–water partition coefficient (Wildman–Crippen LogP) is 3.79. The van der Waals surface area contributed by atoms with Crippen LogP contribution < -0.4 is 0 Å². The lowest BCUT2D eigenvalue weighted by molar-refractivity contribution is 0.224. The molecular formula is C19H22N4O. The van der Waals surface area contributed by atoms with Crippen LogP contribution in [0.2, 0.25) is 0 Å². The van der Waals surface area contributed by atoms with Gasteiger partial charge in [0, 0.05) is 43.2 Å². The Hall–Kier alpha value is -2.53. The molecule has 0 aliphatic rings. The largest absolute Gasteiger partial charge is 0.468 e. The molecule has 0 radical (unpaired) electrons. The molecule has 0 N–H and O–H groups in total. The van der Waals surface area contributed by atoms with Crippen LogP contribution in [-0.2, 0) is 19.6 Å². The van der Waals surface area contributed by atoms with Crippen LogP contribution >= 0.6 is 0 Å². The van der Waals surface area contributed by atoms with E-state index in [0.29, 0.717) is 5.92 Å². The van der Waals surface area contributed by atoms with Crippen molar-refractivity contribution in [2.24, 2.45) is 0 Å². The van der Waals surface area contributed by atoms with Crippen molar-refractivity contribution in [1.82, 2.24) is 19.9 Å². The van der Waals surface area contributed by atoms with Crippen molar-refractivity contribution in [2.75, 3.05) is 0 Å². The minimum atomic E-state index is 0.340. The molecule has 5 heteroatoms. The Morgan fingerprint density at radius 3 is 2.42 bits per heavy atom. The Kier molecular flexibility index (Phi) is 5.33. The predicted molar refractivity (Wildman–Crippen MR) is 92.0 cm³/mol. The van der Waals surface area contributed by atoms with Crippen molar-refractivity contribution < 1.29 is 4.42 Å². The fourth-order valence-corrected chi connectivity index (χ4v) is 2.51. The minimum absolute atomic E-state index is 0.340. The summed E-state index contributed by atoms with van der Waals surface area (Å²) in [6.45, 7) is 6.40. The molecule has 3 rings (SSSR count). The molecule has 3 heterocycles. The Labute approximate surface area is 142 Å². The second-order valence-corrected chi connectivity index (χ2v) is 6.15. The van der Waals surface area contributed by atoms with Gasteiger partial charge in [0.2, 0.25) is 0 Å². The summed E-state index contributed by atoms with van der Waals surface area (Å²) in [5.74, 6) is 2.15. The number of hydrogen-bond acceptors (Lipinski definition) is 5. The summed E-state index contributed by atoms with van der Waals surface area (Å²) in [5.41, 5.74) is 2.12. The van der Waals surface area contributed by atoms with Crippen molar-refractivity contribution >= 4 is 0 Å². The lowest BCUT2D eigenvalue weighted by atomic mass is 10.2. The van der Waals surface area contributed by atoms with Gasteiger partial charge in [0.25, 0.3) is 0 Å². The highest BCUT2D eigenvalue weighted by Crippen LogP contribution is 2.14. The van der Waals surface area contributed by atoms with Crippen LogP contribution in [-0.4, -0.2) is 19.9 Å². The molecule has 0 aromatic carbocycles. The zero-order valence-electron chi connectivity index (χ0n) is 14.1. The zero-order chi connectivity index (χ0) is 16.8. The average Bonchev–Trinajstić information content (AvgIpc) is 3.09. The third kappa shape index (κ3) is 4.49. The smallest absolute Gasteiger partial charge is 0.130 e. The van der Waals surface area contributed by atoms with Gasteiger partial charge in [-0.15, -0.1) is 0 Å². The molecule has 24 heavy (non-hydrogen) atoms. The Bertz CT molecular complexity index is 724. The summed E-state index contributed by atoms with van der Waals surface area (Å²) in [6, 6.07) is 9.87. The molecule has 3 aromatic rings. The first-order valence-corrected chi connectivity index (χ1v) is 8.16. The molecule has 0 unspecified atom stereocenters. The Morgan fingerprint density at radius 1 is 0.958 bits per heavy atom. The quantitative estimate of drug-likeness (QED) is 0.662. The van der Waals surface area contributed by atoms with Crippen LogP contribution in [0.5, 0.6) is 0 Å². The molecule has 0 bridgehead atoms. The lowest BCUT2D eigenvalue weighted by Crippen LogP contribution is -2.23. The van der Waals surface area contributed by atoms with Crippen LogP contribution in [0.1, 0.15) is 42.6 Å². The number of nitrogens with zero attached hydrogens (tertiary/aromatic N) is 4. The summed E-state index contributed by atoms with van der Waals surface area (Å²) in [7, 11) is 0. The van der Waals surface area contributed by atoms with E-state index in [0.717, 1.165) is 42.5 Å². The molecule has 0 atom stereocenters. The van der Waals surface area contributed by atoms with Crippen LogP contribution in [0.3, 0.4) is 0 Å². The van der Waals surface area contributed by atoms with E-state index in [-0.39, 0.29) is 0 Å². The summed E-state index contributed by atoms with van der Waals surface area (Å²) >= 11 is 0. The van der Waals surface area contributed by atoms with Gasteiger partial charge in [0.15, 0.2) is 0 Å². The fraction of sp³-hybridized carbons (Fsp3) is 0.316. The zero-order valence-corrected chi connectivity index (χ0v) is 14.1. The number of hydrogen-bond donors (Lipinski definition) is 0. The van der Waals surface area contributed by atoms with E-state index in [1.54, 1.807) is 6.26 Å². The first kappa shape index (κ1) is 16.3. The lowest BCUT2D eigenvalue weighted by Gasteiger charge is -2.21. The second-order valence-electron chi connectivity index (χ2n) is 6.15. The molecular weight excluding hydrogens is 300 g/mol. The maximum absolute atomic E-state index is 5.50. The van der Waals surface area contributed by atoms with Crippen LogP contribution in [0.25, 0.3) is 0 Å². The monoisotopic (exact) mass is 322 g/mol. The molecule has 0 aliphatic heterocycles. The van der Waals surface area contributed by atoms with Gasteiger partial charge in [0.1, 0.15) is 11.6 Å². The molecule has 0 aliphatic carbocycles. The average molecular weight is 322 g/mol. The Balaban J connectivity index is 1.73. The highest BCUT2D eigenvalue weighted by molar-refractivity contribution is 5.09. The molecule has 0 fully saturated rings. The highest BCUT2D eigenvalue weighted by Gasteiger charge is 2.12. The fourth-order valence-electron chi connectivity index (χ4n) is 2.51. The number of aromatic nitrogens is 3. The van der Waals surface area contributed by atoms with Gasteiger partial charge < -0.3 is 4.42 Å². The van der Waals surface area contributed by atoms with Crippen molar-refractivity contribution in [1.29, 1.82) is 0 Å². The van der Waals surface area contributed by atoms with E-state index in [2.05, 4.69) is 33.7 Å². The van der Waals surface area contributed by atoms with Crippen molar-refractivity contribution in [3.05, 3.63) is 78.0 Å². The third-order valence-electron chi connectivity index (χ3n) is 3.72. The maximum atomic E-state index is 5.50. The van der Waals surface area contributed by atoms with Crippen LogP contribution in [0, 0.1) is 0 Å². The van der Waals surface area contributed by atoms with Crippen molar-refractivity contribution in [3.8, 4) is 0 Å². The summed E-state index contributed by atoms with van der Waals surface area (Å²) in [6.07, 6.45) is 7.35. The van der Waals surface area contributed by atoms with E-state index in [4.69, 9.17) is 4.42 Å². The van der Waals surface area contributed by atoms with Gasteiger partial charge in [-0.25, -0.2) is 9.97 Å². The molecule has 5 nitrogen and oxygen atoms in total. The van der Waals surface area contributed by atoms with Crippen molar-refractivity contribution in [2.45, 2.75) is 39.4 Å². The first-order valence-electron chi connectivity index (χ1n) is 8.16. The molecule has 3 aromatic heterocycles. The first-order chi connectivity index (χ1) is 11.7. The number of pyridine rings is 1. The normalized spacial score (nSPS) is 11.3.